The Morgan fingerprint density at radius 2 is 1.86 bits per heavy atom. The summed E-state index contributed by atoms with van der Waals surface area (Å²) in [5, 5.41) is 12.7. The number of esters is 1. The number of hydrogen-bond donors (Lipinski definition) is 2. The number of nitrogens with one attached hydrogen (secondary N) is 1. The van der Waals surface area contributed by atoms with Crippen molar-refractivity contribution in [3.63, 3.8) is 0 Å². The van der Waals surface area contributed by atoms with Gasteiger partial charge in [0.15, 0.2) is 5.82 Å². The van der Waals surface area contributed by atoms with Gasteiger partial charge < -0.3 is 10.5 Å². The quantitative estimate of drug-likeness (QED) is 0.238. The Bertz CT molecular complexity index is 2090. The molecule has 0 fully saturated rings. The number of carbonyl (C=O) groups excluding carboxylic acids is 1. The van der Waals surface area contributed by atoms with Gasteiger partial charge in [0.1, 0.15) is 12.4 Å². The Morgan fingerprint density at radius 1 is 1.05 bits per heavy atom. The molecule has 0 aliphatic carbocycles. The number of ether oxygens (including phenoxy) is 1. The number of carbonyl (C=O) groups is 1. The van der Waals surface area contributed by atoms with Crippen molar-refractivity contribution >= 4 is 33.5 Å². The molecule has 0 saturated heterocycles. The van der Waals surface area contributed by atoms with Crippen LogP contribution in [0.25, 0.3) is 49.6 Å². The van der Waals surface area contributed by atoms with E-state index in [-0.39, 0.29) is 17.4 Å². The third-order valence-electron chi connectivity index (χ3n) is 7.49. The molecule has 6 rings (SSSR count). The second-order valence-corrected chi connectivity index (χ2v) is 11.4. The van der Waals surface area contributed by atoms with Crippen molar-refractivity contribution in [3.8, 4) is 27.9 Å². The minimum atomic E-state index is -0.623. The number of nitrogens with zero attached hydrogens (tertiary/aromatic N) is 4. The first kappa shape index (κ1) is 27.8. The van der Waals surface area contributed by atoms with E-state index in [1.54, 1.807) is 30.6 Å². The first-order valence-corrected chi connectivity index (χ1v) is 13.7. The van der Waals surface area contributed by atoms with Gasteiger partial charge in [0.25, 0.3) is 5.56 Å². The molecule has 0 bridgehead atoms. The minimum absolute atomic E-state index is 0.0710. The number of halogens is 1. The van der Waals surface area contributed by atoms with Crippen LogP contribution >= 0.6 is 0 Å². The van der Waals surface area contributed by atoms with Crippen LogP contribution in [0, 0.1) is 5.82 Å². The number of nitrogens with two attached hydrogens (primary N) is 1. The van der Waals surface area contributed by atoms with E-state index in [9.17, 15) is 9.59 Å². The summed E-state index contributed by atoms with van der Waals surface area (Å²) in [5.74, 6) is -0.800. The van der Waals surface area contributed by atoms with Crippen molar-refractivity contribution in [2.24, 2.45) is 0 Å². The highest BCUT2D eigenvalue weighted by Gasteiger charge is 2.22. The number of aromatic amines is 1. The van der Waals surface area contributed by atoms with Crippen LogP contribution in [0.1, 0.15) is 38.8 Å². The Morgan fingerprint density at radius 3 is 2.58 bits per heavy atom. The fourth-order valence-electron chi connectivity index (χ4n) is 5.25. The molecule has 9 nitrogen and oxygen atoms in total. The third kappa shape index (κ3) is 5.01. The SMILES string of the molecule is CC(=O)OCc1c(-c2cc(-c3cccnc3)c3[nH]nc(N)c3c2)cccc1-n1ncc2cc(C(C)(C)C)cc(F)c2c1=O. The van der Waals surface area contributed by atoms with Crippen molar-refractivity contribution < 1.29 is 13.9 Å². The van der Waals surface area contributed by atoms with Gasteiger partial charge in [-0.05, 0) is 58.5 Å². The lowest BCUT2D eigenvalue weighted by atomic mass is 9.86. The summed E-state index contributed by atoms with van der Waals surface area (Å²) in [6.45, 7) is 7.08. The van der Waals surface area contributed by atoms with Gasteiger partial charge in [-0.1, -0.05) is 39.0 Å². The summed E-state index contributed by atoms with van der Waals surface area (Å²) < 4.78 is 22.1. The average molecular weight is 577 g/mol. The Hall–Kier alpha value is -5.38. The predicted octanol–water partition coefficient (Wildman–Crippen LogP) is 6.07. The molecule has 6 aromatic rings. The van der Waals surface area contributed by atoms with Crippen molar-refractivity contribution in [1.82, 2.24) is 25.0 Å². The zero-order valence-corrected chi connectivity index (χ0v) is 24.1. The van der Waals surface area contributed by atoms with E-state index in [2.05, 4.69) is 20.3 Å². The van der Waals surface area contributed by atoms with Crippen LogP contribution in [-0.4, -0.2) is 30.9 Å². The molecule has 10 heteroatoms. The topological polar surface area (TPSA) is 129 Å². The molecule has 0 radical (unpaired) electrons. The molecule has 3 aromatic carbocycles. The fourth-order valence-corrected chi connectivity index (χ4v) is 5.25. The number of H-pyrrole nitrogens is 1. The van der Waals surface area contributed by atoms with Crippen LogP contribution in [0.3, 0.4) is 0 Å². The second kappa shape index (κ2) is 10.5. The highest BCUT2D eigenvalue weighted by atomic mass is 19.1. The molecule has 0 aliphatic heterocycles. The van der Waals surface area contributed by atoms with Crippen molar-refractivity contribution in [2.75, 3.05) is 5.73 Å². The summed E-state index contributed by atoms with van der Waals surface area (Å²) in [7, 11) is 0. The van der Waals surface area contributed by atoms with Gasteiger partial charge in [-0.15, -0.1) is 0 Å². The van der Waals surface area contributed by atoms with Gasteiger partial charge in [-0.3, -0.25) is 19.7 Å². The first-order valence-electron chi connectivity index (χ1n) is 13.7. The molecule has 0 saturated carbocycles. The number of nitrogen functional groups attached to an aromatic ring is 1. The normalized spacial score (nSPS) is 11.7. The summed E-state index contributed by atoms with van der Waals surface area (Å²) in [4.78, 5) is 30.0. The highest BCUT2D eigenvalue weighted by molar-refractivity contribution is 6.02. The van der Waals surface area contributed by atoms with Crippen LogP contribution in [0.15, 0.2) is 78.0 Å². The lowest BCUT2D eigenvalue weighted by Gasteiger charge is -2.20. The first-order chi connectivity index (χ1) is 20.5. The van der Waals surface area contributed by atoms with Crippen molar-refractivity contribution in [1.29, 1.82) is 0 Å². The molecular weight excluding hydrogens is 547 g/mol. The Labute approximate surface area is 246 Å². The molecule has 0 aliphatic rings. The number of fused-ring (bicyclic) bond motifs is 2. The average Bonchev–Trinajstić information content (AvgIpc) is 3.35. The zero-order chi connectivity index (χ0) is 30.5. The van der Waals surface area contributed by atoms with E-state index < -0.39 is 17.3 Å². The van der Waals surface area contributed by atoms with E-state index in [0.717, 1.165) is 32.5 Å². The molecular formula is C33H29FN6O3. The lowest BCUT2D eigenvalue weighted by Crippen LogP contribution is -2.24. The molecule has 3 heterocycles. The largest absolute Gasteiger partial charge is 0.461 e. The molecule has 0 unspecified atom stereocenters. The second-order valence-electron chi connectivity index (χ2n) is 11.4. The fraction of sp³-hybridized carbons (Fsp3) is 0.182. The lowest BCUT2D eigenvalue weighted by molar-refractivity contribution is -0.142. The number of hydrogen-bond acceptors (Lipinski definition) is 7. The monoisotopic (exact) mass is 576 g/mol. The van der Waals surface area contributed by atoms with Crippen LogP contribution in [0.5, 0.6) is 0 Å². The maximum atomic E-state index is 15.5. The minimum Gasteiger partial charge on any atom is -0.461 e. The summed E-state index contributed by atoms with van der Waals surface area (Å²) in [6.07, 6.45) is 4.91. The maximum absolute atomic E-state index is 15.5. The van der Waals surface area contributed by atoms with Crippen LogP contribution in [0.4, 0.5) is 10.2 Å². The van der Waals surface area contributed by atoms with Crippen molar-refractivity contribution in [3.05, 3.63) is 100 Å². The van der Waals surface area contributed by atoms with Crippen molar-refractivity contribution in [2.45, 2.75) is 39.7 Å². The number of anilines is 1. The van der Waals surface area contributed by atoms with Gasteiger partial charge in [0, 0.05) is 46.8 Å². The van der Waals surface area contributed by atoms with E-state index in [4.69, 9.17) is 10.5 Å². The van der Waals surface area contributed by atoms with E-state index >= 15 is 4.39 Å². The van der Waals surface area contributed by atoms with Crippen LogP contribution in [0.2, 0.25) is 0 Å². The number of rotatable bonds is 5. The van der Waals surface area contributed by atoms with Gasteiger partial charge in [0.2, 0.25) is 0 Å². The number of pyridine rings is 1. The van der Waals surface area contributed by atoms with Gasteiger partial charge in [0.05, 0.1) is 22.8 Å². The maximum Gasteiger partial charge on any atom is 0.302 e. The van der Waals surface area contributed by atoms with Gasteiger partial charge in [-0.2, -0.15) is 14.9 Å². The summed E-state index contributed by atoms with van der Waals surface area (Å²) in [5.41, 5.74) is 10.7. The number of benzene rings is 3. The number of aromatic nitrogens is 5. The zero-order valence-electron chi connectivity index (χ0n) is 24.1. The van der Waals surface area contributed by atoms with E-state index in [1.807, 2.05) is 51.1 Å². The molecule has 0 spiro atoms. The predicted molar refractivity (Wildman–Crippen MR) is 164 cm³/mol. The molecule has 3 N–H and O–H groups in total. The third-order valence-corrected chi connectivity index (χ3v) is 7.49. The van der Waals surface area contributed by atoms with Gasteiger partial charge in [-0.25, -0.2) is 4.39 Å². The van der Waals surface area contributed by atoms with E-state index in [0.29, 0.717) is 33.4 Å². The summed E-state index contributed by atoms with van der Waals surface area (Å²) >= 11 is 0. The standard InChI is InChI=1S/C33H29FN6O3/c1-18(41)43-17-26-23(20-12-24(19-7-6-10-36-15-19)30-25(13-20)31(35)39-38-30)8-5-9-28(26)40-32(42)29-21(16-37-40)11-22(14-27(29)34)33(2,3)4/h5-16H,17H2,1-4H3,(H3,35,38,39). The molecule has 216 valence electrons. The molecule has 0 atom stereocenters. The Kier molecular flexibility index (Phi) is 6.76. The smallest absolute Gasteiger partial charge is 0.302 e. The highest BCUT2D eigenvalue weighted by Crippen LogP contribution is 2.37. The molecule has 3 aromatic heterocycles. The van der Waals surface area contributed by atoms with Crippen LogP contribution in [-0.2, 0) is 21.6 Å². The molecule has 43 heavy (non-hydrogen) atoms. The van der Waals surface area contributed by atoms with E-state index in [1.165, 1.54) is 19.2 Å². The Balaban J connectivity index is 1.60. The molecule has 0 amide bonds. The summed E-state index contributed by atoms with van der Waals surface area (Å²) in [6, 6.07) is 16.1. The van der Waals surface area contributed by atoms with Gasteiger partial charge >= 0.3 is 5.97 Å². The van der Waals surface area contributed by atoms with Crippen LogP contribution < -0.4 is 11.3 Å².